The van der Waals surface area contributed by atoms with Gasteiger partial charge in [0.25, 0.3) is 0 Å². The summed E-state index contributed by atoms with van der Waals surface area (Å²) < 4.78 is 7.99. The minimum absolute atomic E-state index is 0.647. The summed E-state index contributed by atoms with van der Waals surface area (Å²) in [5, 5.41) is 0. The van der Waals surface area contributed by atoms with Gasteiger partial charge < -0.3 is 0 Å². The van der Waals surface area contributed by atoms with Gasteiger partial charge in [-0.1, -0.05) is 0 Å². The van der Waals surface area contributed by atoms with Gasteiger partial charge in [0.1, 0.15) is 0 Å². The van der Waals surface area contributed by atoms with Crippen molar-refractivity contribution in [3.63, 3.8) is 0 Å². The zero-order valence-corrected chi connectivity index (χ0v) is 17.5. The van der Waals surface area contributed by atoms with E-state index in [-0.39, 0.29) is 0 Å². The van der Waals surface area contributed by atoms with Crippen molar-refractivity contribution in [2.75, 3.05) is 7.11 Å². The van der Waals surface area contributed by atoms with Crippen LogP contribution in [-0.2, 0) is 4.37 Å². The maximum atomic E-state index is 7.39. The van der Waals surface area contributed by atoms with E-state index in [4.69, 9.17) is 22.4 Å². The third kappa shape index (κ3) is 3.45. The van der Waals surface area contributed by atoms with Crippen LogP contribution in [0.1, 0.15) is 5.56 Å². The molecular weight excluding hydrogens is 449 g/mol. The Kier molecular flexibility index (Phi) is 5.15. The van der Waals surface area contributed by atoms with Crippen LogP contribution in [0, 0.1) is 0 Å². The van der Waals surface area contributed by atoms with Crippen LogP contribution >= 0.6 is 17.7 Å². The fourth-order valence-corrected chi connectivity index (χ4v) is 16.3. The predicted octanol–water partition coefficient (Wildman–Crippen LogP) is 4.47. The number of halogens is 2. The fourth-order valence-electron chi connectivity index (χ4n) is 2.82. The fraction of sp³-hybridized carbons (Fsp3) is 0.100. The minimum atomic E-state index is -4.33. The van der Waals surface area contributed by atoms with Crippen LogP contribution < -0.4 is 11.8 Å². The number of rotatable bonds is 5. The molecule has 0 amide bonds. The van der Waals surface area contributed by atoms with E-state index >= 15 is 0 Å². The van der Waals surface area contributed by atoms with E-state index in [0.29, 0.717) is 4.37 Å². The summed E-state index contributed by atoms with van der Waals surface area (Å²) in [6.07, 6.45) is 0. The number of benzene rings is 3. The normalized spacial score (nSPS) is 13.0. The molecule has 0 aliphatic carbocycles. The van der Waals surface area contributed by atoms with Crippen molar-refractivity contribution in [1.29, 1.82) is 0 Å². The Morgan fingerprint density at radius 1 is 0.708 bits per heavy atom. The van der Waals surface area contributed by atoms with E-state index in [2.05, 4.69) is 24.3 Å². The molecule has 24 heavy (non-hydrogen) atoms. The van der Waals surface area contributed by atoms with E-state index in [9.17, 15) is 0 Å². The van der Waals surface area contributed by atoms with Gasteiger partial charge in [0, 0.05) is 0 Å². The van der Waals surface area contributed by atoms with Gasteiger partial charge in [0.15, 0.2) is 0 Å². The Labute approximate surface area is 151 Å². The van der Waals surface area contributed by atoms with Crippen LogP contribution in [0.2, 0.25) is 0 Å². The Morgan fingerprint density at radius 2 is 1.17 bits per heavy atom. The molecule has 0 spiro atoms. The van der Waals surface area contributed by atoms with Gasteiger partial charge in [-0.25, -0.2) is 0 Å². The van der Waals surface area contributed by atoms with E-state index < -0.39 is 15.1 Å². The van der Waals surface area contributed by atoms with Gasteiger partial charge in [-0.05, 0) is 0 Å². The number of hydrogen-bond acceptors (Lipinski definition) is 1. The second-order valence-electron chi connectivity index (χ2n) is 5.75. The average molecular weight is 468 g/mol. The average Bonchev–Trinajstić information content (AvgIpc) is 2.64. The summed E-state index contributed by atoms with van der Waals surface area (Å²) in [6, 6.07) is 28.2. The van der Waals surface area contributed by atoms with Crippen molar-refractivity contribution in [1.82, 2.24) is 0 Å². The molecule has 0 aliphatic heterocycles. The maximum absolute atomic E-state index is 7.39. The monoisotopic (exact) mass is 466 g/mol. The molecule has 0 aliphatic rings. The van der Waals surface area contributed by atoms with Crippen molar-refractivity contribution >= 4 is 39.8 Å². The molecular formula is C20H19Cl2OSb. The molecule has 0 fully saturated rings. The summed E-state index contributed by atoms with van der Waals surface area (Å²) in [5.41, 5.74) is 1.12. The molecule has 0 unspecified atom stereocenters. The number of ether oxygens (including phenoxy) is 1. The van der Waals surface area contributed by atoms with Crippen molar-refractivity contribution < 1.29 is 4.74 Å². The molecule has 4 heteroatoms. The van der Waals surface area contributed by atoms with E-state index in [1.54, 1.807) is 7.11 Å². The van der Waals surface area contributed by atoms with Crippen LogP contribution in [0.3, 0.4) is 0 Å². The van der Waals surface area contributed by atoms with Gasteiger partial charge in [-0.3, -0.25) is 0 Å². The zero-order valence-electron chi connectivity index (χ0n) is 13.4. The van der Waals surface area contributed by atoms with Crippen LogP contribution in [0.5, 0.6) is 5.75 Å². The Morgan fingerprint density at radius 3 is 1.58 bits per heavy atom. The van der Waals surface area contributed by atoms with Crippen LogP contribution in [-0.4, -0.2) is 22.2 Å². The molecule has 0 atom stereocenters. The Balaban J connectivity index is 2.12. The van der Waals surface area contributed by atoms with E-state index in [0.717, 1.165) is 18.3 Å². The molecule has 3 aromatic carbocycles. The van der Waals surface area contributed by atoms with Crippen LogP contribution in [0.15, 0.2) is 84.9 Å². The predicted molar refractivity (Wildman–Crippen MR) is 106 cm³/mol. The standard InChI is InChI=1S/C8H9O.2C6H5.2ClH.Sb/c1-7-3-5-8(9-2)6-4-7;2*1-2-4-6-5-3-1;;;/h3-6H,1H2,2H3;2*1-5H;2*1H;/q;;;;;+2/p-2. The van der Waals surface area contributed by atoms with Gasteiger partial charge in [0.2, 0.25) is 0 Å². The van der Waals surface area contributed by atoms with Gasteiger partial charge in [0.05, 0.1) is 0 Å². The quantitative estimate of drug-likeness (QED) is 0.503. The van der Waals surface area contributed by atoms with Gasteiger partial charge >= 0.3 is 152 Å². The molecule has 124 valence electrons. The molecule has 0 radical (unpaired) electrons. The second-order valence-corrected chi connectivity index (χ2v) is 26.9. The van der Waals surface area contributed by atoms with Crippen molar-refractivity contribution in [2.45, 2.75) is 4.37 Å². The summed E-state index contributed by atoms with van der Waals surface area (Å²) in [4.78, 5) is 0. The van der Waals surface area contributed by atoms with Gasteiger partial charge in [-0.2, -0.15) is 0 Å². The molecule has 3 aromatic rings. The van der Waals surface area contributed by atoms with Crippen LogP contribution in [0.4, 0.5) is 0 Å². The Hall–Kier alpha value is -1.14. The molecule has 0 heterocycles. The summed E-state index contributed by atoms with van der Waals surface area (Å²) >= 11 is -4.33. The first-order valence-electron chi connectivity index (χ1n) is 7.71. The first-order chi connectivity index (χ1) is 11.5. The number of methoxy groups -OCH3 is 1. The first kappa shape index (κ1) is 17.7. The third-order valence-electron chi connectivity index (χ3n) is 4.15. The molecule has 0 bridgehead atoms. The second kappa shape index (κ2) is 7.00. The van der Waals surface area contributed by atoms with Crippen molar-refractivity contribution in [3.05, 3.63) is 90.5 Å². The summed E-state index contributed by atoms with van der Waals surface area (Å²) in [5.74, 6) is 0.830. The molecule has 0 aromatic heterocycles. The number of hydrogen-bond donors (Lipinski definition) is 0. The molecule has 1 nitrogen and oxygen atoms in total. The van der Waals surface area contributed by atoms with Crippen molar-refractivity contribution in [2.24, 2.45) is 0 Å². The SMILES string of the molecule is COc1ccc([CH2][Sb]([Cl])([Cl])([c]2ccccc2)[c]2ccccc2)cc1. The van der Waals surface area contributed by atoms with E-state index in [1.165, 1.54) is 0 Å². The molecule has 3 rings (SSSR count). The van der Waals surface area contributed by atoms with Crippen LogP contribution in [0.25, 0.3) is 0 Å². The first-order valence-corrected chi connectivity index (χ1v) is 18.5. The molecule has 0 saturated heterocycles. The topological polar surface area (TPSA) is 9.23 Å². The Bertz CT molecular complexity index is 759. The van der Waals surface area contributed by atoms with Gasteiger partial charge in [-0.15, -0.1) is 0 Å². The summed E-state index contributed by atoms with van der Waals surface area (Å²) in [7, 11) is 16.4. The summed E-state index contributed by atoms with van der Waals surface area (Å²) in [6.45, 7) is 0. The van der Waals surface area contributed by atoms with Crippen molar-refractivity contribution in [3.8, 4) is 5.75 Å². The molecule has 0 N–H and O–H groups in total. The zero-order chi connectivity index (χ0) is 17.1. The third-order valence-corrected chi connectivity index (χ3v) is 21.1. The van der Waals surface area contributed by atoms with E-state index in [1.807, 2.05) is 60.7 Å². The molecule has 0 saturated carbocycles.